The summed E-state index contributed by atoms with van der Waals surface area (Å²) in [6.45, 7) is 3.45. The monoisotopic (exact) mass is 914 g/mol. The number of amides is 4. The van der Waals surface area contributed by atoms with Gasteiger partial charge in [-0.25, -0.2) is 0 Å². The fraction of sp³-hybridized carbons (Fsp3) is 0.520. The Bertz CT molecular complexity index is 2190. The Morgan fingerprint density at radius 3 is 0.864 bits per heavy atom. The zero-order valence-electron chi connectivity index (χ0n) is 38.4. The van der Waals surface area contributed by atoms with Crippen molar-refractivity contribution in [3.05, 3.63) is 70.8 Å². The molecule has 0 unspecified atom stereocenters. The summed E-state index contributed by atoms with van der Waals surface area (Å²) in [5.41, 5.74) is -0.381. The lowest BCUT2D eigenvalue weighted by Crippen LogP contribution is -2.49. The first-order chi connectivity index (χ1) is 32.1. The van der Waals surface area contributed by atoms with Crippen LogP contribution >= 0.6 is 0 Å². The number of benzene rings is 5. The van der Waals surface area contributed by atoms with Crippen molar-refractivity contribution in [1.29, 1.82) is 0 Å². The van der Waals surface area contributed by atoms with E-state index in [0.717, 1.165) is 32.3 Å². The average molecular weight is 915 g/mol. The molecule has 0 aliphatic carbocycles. The largest absolute Gasteiger partial charge is 0.396 e. The van der Waals surface area contributed by atoms with Gasteiger partial charge in [0.05, 0.1) is 66.1 Å². The van der Waals surface area contributed by atoms with Crippen LogP contribution in [-0.4, -0.2) is 178 Å². The normalized spacial score (nSPS) is 14.5. The Kier molecular flexibility index (Phi) is 16.7. The number of aliphatic hydroxyl groups is 2. The van der Waals surface area contributed by atoms with Crippen LogP contribution in [0.5, 0.6) is 0 Å². The van der Waals surface area contributed by atoms with Crippen LogP contribution < -0.4 is 0 Å². The molecule has 2 N–H and O–H groups in total. The Balaban J connectivity index is 1.23. The molecule has 2 aliphatic heterocycles. The molecule has 2 heterocycles. The number of hydrogen-bond donors (Lipinski definition) is 2. The number of ether oxygens (including phenoxy) is 8. The molecule has 356 valence electrons. The highest BCUT2D eigenvalue weighted by molar-refractivity contribution is 6.41. The molecule has 66 heavy (non-hydrogen) atoms. The highest BCUT2D eigenvalue weighted by Gasteiger charge is 2.43. The lowest BCUT2D eigenvalue weighted by atomic mass is 9.79. The second kappa shape index (κ2) is 22.4. The summed E-state index contributed by atoms with van der Waals surface area (Å²) >= 11 is 0. The molecule has 0 atom stereocenters. The zero-order chi connectivity index (χ0) is 46.8. The molecular weight excluding hydrogens is 853 g/mol. The van der Waals surface area contributed by atoms with E-state index in [2.05, 4.69) is 0 Å². The first-order valence-electron chi connectivity index (χ1n) is 22.5. The minimum absolute atomic E-state index is 0.0522. The van der Waals surface area contributed by atoms with E-state index in [1.165, 1.54) is 9.80 Å². The summed E-state index contributed by atoms with van der Waals surface area (Å²) in [7, 11) is 6.34. The molecule has 0 spiro atoms. The number of methoxy groups -OCH3 is 4. The van der Waals surface area contributed by atoms with Gasteiger partial charge in [0.1, 0.15) is 0 Å². The molecule has 7 rings (SSSR count). The summed E-state index contributed by atoms with van der Waals surface area (Å²) in [5, 5.41) is 27.4. The van der Waals surface area contributed by atoms with Crippen LogP contribution in [0.3, 0.4) is 0 Å². The first kappa shape index (κ1) is 49.2. The highest BCUT2D eigenvalue weighted by Crippen LogP contribution is 2.47. The van der Waals surface area contributed by atoms with Crippen molar-refractivity contribution in [2.24, 2.45) is 10.8 Å². The van der Waals surface area contributed by atoms with Crippen molar-refractivity contribution in [3.63, 3.8) is 0 Å². The van der Waals surface area contributed by atoms with E-state index in [0.29, 0.717) is 112 Å². The fourth-order valence-electron chi connectivity index (χ4n) is 9.44. The molecule has 16 heteroatoms. The summed E-state index contributed by atoms with van der Waals surface area (Å²) < 4.78 is 43.6. The van der Waals surface area contributed by atoms with E-state index in [9.17, 15) is 29.4 Å². The topological polar surface area (TPSA) is 189 Å². The molecule has 4 amide bonds. The Morgan fingerprint density at radius 2 is 0.636 bits per heavy atom. The van der Waals surface area contributed by atoms with E-state index < -0.39 is 34.5 Å². The number of aliphatic hydroxyl groups excluding tert-OH is 2. The third-order valence-corrected chi connectivity index (χ3v) is 13.3. The van der Waals surface area contributed by atoms with Gasteiger partial charge in [-0.3, -0.25) is 29.0 Å². The van der Waals surface area contributed by atoms with Gasteiger partial charge in [0, 0.05) is 112 Å². The van der Waals surface area contributed by atoms with Crippen molar-refractivity contribution >= 4 is 66.7 Å². The number of nitrogens with zero attached hydrogens (tertiary/aromatic N) is 2. The Hall–Kier alpha value is -4.72. The molecule has 0 bridgehead atoms. The lowest BCUT2D eigenvalue weighted by molar-refractivity contribution is -0.00719. The molecule has 5 aromatic rings. The SMILES string of the molecule is COCCOCCC(CO)(CCOCCOC)CN1C(=O)c2ccc3c4ccc5c6c(ccc(c7ccc(c2c37)C1=O)c64)C(=O)N(CC(CO)(CCOCCOC)CCOCCOC)C5=O. The fourth-order valence-corrected chi connectivity index (χ4v) is 9.44. The van der Waals surface area contributed by atoms with Gasteiger partial charge in [-0.15, -0.1) is 0 Å². The van der Waals surface area contributed by atoms with Crippen molar-refractivity contribution in [2.75, 3.05) is 134 Å². The standard InChI is InChI=1S/C50H62N2O14/c1-59-21-25-63-17-13-49(31-53,14-18-64-26-22-60-2)29-51-45(55)37-9-5-33-35-7-11-39-44-40(12-8-36(42(35)44)34-6-10-38(46(51)56)43(37)41(33)34)48(58)52(47(39)57)30-50(32-54,15-19-65-27-23-61-3)16-20-66-28-24-62-4/h5-12,53-54H,13-32H2,1-4H3. The second-order valence-electron chi connectivity index (χ2n) is 17.3. The number of carbonyl (C=O) groups excluding carboxylic acids is 4. The Labute approximate surface area is 384 Å². The smallest absolute Gasteiger partial charge is 0.261 e. The van der Waals surface area contributed by atoms with Gasteiger partial charge in [0.25, 0.3) is 23.6 Å². The predicted molar refractivity (Wildman–Crippen MR) is 247 cm³/mol. The average Bonchev–Trinajstić information content (AvgIpc) is 3.33. The van der Waals surface area contributed by atoms with Crippen LogP contribution in [0.2, 0.25) is 0 Å². The van der Waals surface area contributed by atoms with Crippen LogP contribution in [-0.2, 0) is 37.9 Å². The highest BCUT2D eigenvalue weighted by atomic mass is 16.5. The number of fused-ring (bicyclic) bond motifs is 2. The Morgan fingerprint density at radius 1 is 0.379 bits per heavy atom. The van der Waals surface area contributed by atoms with Gasteiger partial charge in [-0.1, -0.05) is 24.3 Å². The number of hydrogen-bond acceptors (Lipinski definition) is 14. The van der Waals surface area contributed by atoms with Gasteiger partial charge in [-0.05, 0) is 82.3 Å². The summed E-state index contributed by atoms with van der Waals surface area (Å²) in [6, 6.07) is 14.4. The summed E-state index contributed by atoms with van der Waals surface area (Å²) in [5.74, 6) is -1.87. The van der Waals surface area contributed by atoms with Crippen molar-refractivity contribution < 1.29 is 67.3 Å². The van der Waals surface area contributed by atoms with E-state index >= 15 is 0 Å². The number of rotatable bonds is 30. The maximum absolute atomic E-state index is 14.6. The maximum atomic E-state index is 14.6. The maximum Gasteiger partial charge on any atom is 0.261 e. The summed E-state index contributed by atoms with van der Waals surface area (Å²) in [4.78, 5) is 60.8. The molecule has 0 fully saturated rings. The van der Waals surface area contributed by atoms with E-state index in [1.807, 2.05) is 24.3 Å². The van der Waals surface area contributed by atoms with Gasteiger partial charge >= 0.3 is 0 Å². The van der Waals surface area contributed by atoms with Crippen LogP contribution in [0.25, 0.3) is 43.1 Å². The molecule has 0 radical (unpaired) electrons. The van der Waals surface area contributed by atoms with Gasteiger partial charge < -0.3 is 48.1 Å². The van der Waals surface area contributed by atoms with E-state index in [4.69, 9.17) is 37.9 Å². The minimum Gasteiger partial charge on any atom is -0.396 e. The van der Waals surface area contributed by atoms with Crippen LogP contribution in [0.15, 0.2) is 48.5 Å². The van der Waals surface area contributed by atoms with Crippen LogP contribution in [0, 0.1) is 10.8 Å². The molecular formula is C50H62N2O14. The third-order valence-electron chi connectivity index (χ3n) is 13.3. The van der Waals surface area contributed by atoms with Gasteiger partial charge in [0.15, 0.2) is 0 Å². The molecule has 0 saturated carbocycles. The van der Waals surface area contributed by atoms with Crippen LogP contribution in [0.4, 0.5) is 0 Å². The third kappa shape index (κ3) is 9.81. The van der Waals surface area contributed by atoms with Crippen molar-refractivity contribution in [1.82, 2.24) is 9.80 Å². The molecule has 0 saturated heterocycles. The van der Waals surface area contributed by atoms with E-state index in [1.54, 1.807) is 52.7 Å². The quantitative estimate of drug-likeness (QED) is 0.0268. The van der Waals surface area contributed by atoms with Crippen molar-refractivity contribution in [3.8, 4) is 0 Å². The first-order valence-corrected chi connectivity index (χ1v) is 22.5. The molecule has 0 aromatic heterocycles. The molecule has 5 aromatic carbocycles. The van der Waals surface area contributed by atoms with Gasteiger partial charge in [0.2, 0.25) is 0 Å². The van der Waals surface area contributed by atoms with Gasteiger partial charge in [-0.2, -0.15) is 0 Å². The van der Waals surface area contributed by atoms with E-state index in [-0.39, 0.29) is 52.7 Å². The lowest BCUT2D eigenvalue weighted by Gasteiger charge is -2.38. The molecule has 2 aliphatic rings. The number of imide groups is 2. The second-order valence-corrected chi connectivity index (χ2v) is 17.3. The summed E-state index contributed by atoms with van der Waals surface area (Å²) in [6.07, 6.45) is 1.45. The zero-order valence-corrected chi connectivity index (χ0v) is 38.4. The van der Waals surface area contributed by atoms with Crippen LogP contribution in [0.1, 0.15) is 67.1 Å². The molecule has 16 nitrogen and oxygen atoms in total. The minimum atomic E-state index is -0.913. The number of carbonyl (C=O) groups is 4. The predicted octanol–water partition coefficient (Wildman–Crippen LogP) is 5.10. The van der Waals surface area contributed by atoms with Crippen molar-refractivity contribution in [2.45, 2.75) is 25.7 Å².